The Morgan fingerprint density at radius 3 is 2.72 bits per heavy atom. The first-order chi connectivity index (χ1) is 12.2. The van der Waals surface area contributed by atoms with Gasteiger partial charge in [-0.05, 0) is 24.3 Å². The minimum atomic E-state index is -0.861. The fourth-order valence-electron chi connectivity index (χ4n) is 2.71. The number of nitrogens with zero attached hydrogens (tertiary/aromatic N) is 2. The van der Waals surface area contributed by atoms with Crippen LogP contribution < -0.4 is 14.8 Å². The van der Waals surface area contributed by atoms with Crippen molar-refractivity contribution in [3.63, 3.8) is 0 Å². The van der Waals surface area contributed by atoms with E-state index in [1.54, 1.807) is 30.5 Å². The average Bonchev–Trinajstić information content (AvgIpc) is 3.09. The second-order valence-corrected chi connectivity index (χ2v) is 5.38. The van der Waals surface area contributed by atoms with Crippen LogP contribution in [-0.4, -0.2) is 24.5 Å². The van der Waals surface area contributed by atoms with Gasteiger partial charge in [-0.25, -0.2) is 0 Å². The minimum absolute atomic E-state index is 0.333. The standard InChI is InChI=1S/C19H17N3O3/c1-24-17-8-5-7-15(18(17)25-2)16(11-20)21-19(23)13-10-14-6-3-4-9-22(14)12-13/h3-10,12,16H,1-2H3,(H,21,23)/t16-/m1/s1. The molecule has 126 valence electrons. The lowest BCUT2D eigenvalue weighted by Crippen LogP contribution is -2.27. The van der Waals surface area contributed by atoms with Gasteiger partial charge in [0.15, 0.2) is 11.5 Å². The summed E-state index contributed by atoms with van der Waals surface area (Å²) in [4.78, 5) is 12.6. The quantitative estimate of drug-likeness (QED) is 0.778. The lowest BCUT2D eigenvalue weighted by Gasteiger charge is -2.17. The second-order valence-electron chi connectivity index (χ2n) is 5.38. The van der Waals surface area contributed by atoms with Crippen LogP contribution in [0.3, 0.4) is 0 Å². The number of carbonyl (C=O) groups is 1. The molecule has 2 heterocycles. The summed E-state index contributed by atoms with van der Waals surface area (Å²) in [7, 11) is 3.02. The van der Waals surface area contributed by atoms with Gasteiger partial charge in [0.1, 0.15) is 6.04 Å². The number of hydrogen-bond acceptors (Lipinski definition) is 4. The normalized spacial score (nSPS) is 11.6. The molecular formula is C19H17N3O3. The van der Waals surface area contributed by atoms with Crippen LogP contribution in [0.15, 0.2) is 54.9 Å². The highest BCUT2D eigenvalue weighted by Crippen LogP contribution is 2.34. The Bertz CT molecular complexity index is 923. The first-order valence-electron chi connectivity index (χ1n) is 7.66. The maximum atomic E-state index is 12.6. The van der Waals surface area contributed by atoms with E-state index in [1.165, 1.54) is 14.2 Å². The summed E-state index contributed by atoms with van der Waals surface area (Å²) in [5, 5.41) is 12.3. The number of carbonyl (C=O) groups excluding carboxylic acids is 1. The number of nitriles is 1. The molecule has 0 aliphatic heterocycles. The number of hydrogen-bond donors (Lipinski definition) is 1. The highest BCUT2D eigenvalue weighted by molar-refractivity contribution is 5.96. The van der Waals surface area contributed by atoms with Crippen molar-refractivity contribution in [3.8, 4) is 17.6 Å². The van der Waals surface area contributed by atoms with E-state index >= 15 is 0 Å². The molecule has 0 bridgehead atoms. The summed E-state index contributed by atoms with van der Waals surface area (Å²) in [5.74, 6) is 0.600. The molecule has 0 saturated carbocycles. The Labute approximate surface area is 145 Å². The summed E-state index contributed by atoms with van der Waals surface area (Å²) in [6, 6.07) is 13.9. The number of aromatic nitrogens is 1. The third kappa shape index (κ3) is 3.12. The number of methoxy groups -OCH3 is 2. The van der Waals surface area contributed by atoms with Gasteiger partial charge in [0.05, 0.1) is 25.9 Å². The van der Waals surface area contributed by atoms with Gasteiger partial charge in [0.25, 0.3) is 5.91 Å². The Balaban J connectivity index is 1.90. The maximum Gasteiger partial charge on any atom is 0.254 e. The lowest BCUT2D eigenvalue weighted by atomic mass is 10.1. The third-order valence-corrected chi connectivity index (χ3v) is 3.92. The lowest BCUT2D eigenvalue weighted by molar-refractivity contribution is 0.0945. The predicted octanol–water partition coefficient (Wildman–Crippen LogP) is 2.95. The van der Waals surface area contributed by atoms with Crippen LogP contribution >= 0.6 is 0 Å². The van der Waals surface area contributed by atoms with E-state index in [0.717, 1.165) is 5.52 Å². The van der Waals surface area contributed by atoms with E-state index in [4.69, 9.17) is 9.47 Å². The van der Waals surface area contributed by atoms with Gasteiger partial charge in [0, 0.05) is 23.5 Å². The smallest absolute Gasteiger partial charge is 0.254 e. The predicted molar refractivity (Wildman–Crippen MR) is 92.8 cm³/mol. The fourth-order valence-corrected chi connectivity index (χ4v) is 2.71. The summed E-state index contributed by atoms with van der Waals surface area (Å²) < 4.78 is 12.5. The number of fused-ring (bicyclic) bond motifs is 1. The maximum absolute atomic E-state index is 12.6. The molecule has 0 aliphatic rings. The van der Waals surface area contributed by atoms with Crippen molar-refractivity contribution in [1.82, 2.24) is 9.72 Å². The van der Waals surface area contributed by atoms with Crippen molar-refractivity contribution >= 4 is 11.4 Å². The fraction of sp³-hybridized carbons (Fsp3) is 0.158. The number of ether oxygens (including phenoxy) is 2. The van der Waals surface area contributed by atoms with E-state index in [2.05, 4.69) is 11.4 Å². The molecule has 25 heavy (non-hydrogen) atoms. The van der Waals surface area contributed by atoms with Gasteiger partial charge in [0.2, 0.25) is 0 Å². The van der Waals surface area contributed by atoms with E-state index in [1.807, 2.05) is 28.8 Å². The van der Waals surface area contributed by atoms with Gasteiger partial charge in [-0.3, -0.25) is 4.79 Å². The van der Waals surface area contributed by atoms with Crippen molar-refractivity contribution in [1.29, 1.82) is 5.26 Å². The van der Waals surface area contributed by atoms with Crippen LogP contribution in [0.5, 0.6) is 11.5 Å². The van der Waals surface area contributed by atoms with E-state index < -0.39 is 6.04 Å². The zero-order chi connectivity index (χ0) is 17.8. The van der Waals surface area contributed by atoms with Crippen LogP contribution in [-0.2, 0) is 0 Å². The van der Waals surface area contributed by atoms with Crippen LogP contribution in [0, 0.1) is 11.3 Å². The zero-order valence-electron chi connectivity index (χ0n) is 13.9. The number of benzene rings is 1. The summed E-state index contributed by atoms with van der Waals surface area (Å²) in [6.07, 6.45) is 3.58. The molecule has 0 aliphatic carbocycles. The molecule has 6 heteroatoms. The zero-order valence-corrected chi connectivity index (χ0v) is 13.9. The number of nitrogens with one attached hydrogen (secondary N) is 1. The van der Waals surface area contributed by atoms with Crippen LogP contribution in [0.4, 0.5) is 0 Å². The molecule has 2 aromatic heterocycles. The molecule has 3 aromatic rings. The molecule has 1 atom stereocenters. The molecule has 0 saturated heterocycles. The topological polar surface area (TPSA) is 75.8 Å². The van der Waals surface area contributed by atoms with Gasteiger partial charge in [-0.15, -0.1) is 0 Å². The Morgan fingerprint density at radius 2 is 2.04 bits per heavy atom. The molecule has 3 rings (SSSR count). The van der Waals surface area contributed by atoms with Crippen LogP contribution in [0.25, 0.3) is 5.52 Å². The van der Waals surface area contributed by atoms with Crippen LogP contribution in [0.1, 0.15) is 22.0 Å². The number of para-hydroxylation sites is 1. The Hall–Kier alpha value is -3.46. The first kappa shape index (κ1) is 16.4. The molecule has 1 amide bonds. The number of pyridine rings is 1. The van der Waals surface area contributed by atoms with Gasteiger partial charge < -0.3 is 19.2 Å². The van der Waals surface area contributed by atoms with E-state index in [9.17, 15) is 10.1 Å². The summed E-state index contributed by atoms with van der Waals surface area (Å²) >= 11 is 0. The third-order valence-electron chi connectivity index (χ3n) is 3.92. The van der Waals surface area contributed by atoms with Crippen molar-refractivity contribution in [2.45, 2.75) is 6.04 Å². The highest BCUT2D eigenvalue weighted by atomic mass is 16.5. The van der Waals surface area contributed by atoms with Crippen molar-refractivity contribution in [2.75, 3.05) is 14.2 Å². The molecule has 1 aromatic carbocycles. The second kappa shape index (κ2) is 6.97. The van der Waals surface area contributed by atoms with Crippen molar-refractivity contribution < 1.29 is 14.3 Å². The Morgan fingerprint density at radius 1 is 1.20 bits per heavy atom. The first-order valence-corrected chi connectivity index (χ1v) is 7.66. The van der Waals surface area contributed by atoms with Crippen LogP contribution in [0.2, 0.25) is 0 Å². The molecule has 0 spiro atoms. The highest BCUT2D eigenvalue weighted by Gasteiger charge is 2.21. The molecule has 1 N–H and O–H groups in total. The van der Waals surface area contributed by atoms with Gasteiger partial charge in [-0.1, -0.05) is 18.2 Å². The number of amides is 1. The number of rotatable bonds is 5. The van der Waals surface area contributed by atoms with Crippen molar-refractivity contribution in [2.24, 2.45) is 0 Å². The molecule has 0 fully saturated rings. The Kier molecular flexibility index (Phi) is 4.57. The monoisotopic (exact) mass is 335 g/mol. The van der Waals surface area contributed by atoms with Gasteiger partial charge in [-0.2, -0.15) is 5.26 Å². The summed E-state index contributed by atoms with van der Waals surface area (Å²) in [5.41, 5.74) is 1.93. The van der Waals surface area contributed by atoms with Gasteiger partial charge >= 0.3 is 0 Å². The molecule has 0 radical (unpaired) electrons. The summed E-state index contributed by atoms with van der Waals surface area (Å²) in [6.45, 7) is 0. The van der Waals surface area contributed by atoms with E-state index in [0.29, 0.717) is 22.6 Å². The molecule has 0 unspecified atom stereocenters. The van der Waals surface area contributed by atoms with E-state index in [-0.39, 0.29) is 5.91 Å². The SMILES string of the molecule is COc1cccc([C@@H](C#N)NC(=O)c2cc3ccccn3c2)c1OC. The largest absolute Gasteiger partial charge is 0.493 e. The average molecular weight is 335 g/mol. The van der Waals surface area contributed by atoms with Crippen molar-refractivity contribution in [3.05, 3.63) is 66.0 Å². The molecule has 6 nitrogen and oxygen atoms in total. The minimum Gasteiger partial charge on any atom is -0.493 e. The molecular weight excluding hydrogens is 318 g/mol.